The zero-order valence-corrected chi connectivity index (χ0v) is 13.4. The van der Waals surface area contributed by atoms with Crippen molar-refractivity contribution in [3.63, 3.8) is 0 Å². The Hall–Kier alpha value is -1.95. The first kappa shape index (κ1) is 14.0. The van der Waals surface area contributed by atoms with Crippen molar-refractivity contribution in [1.29, 1.82) is 0 Å². The molecule has 3 aromatic rings. The fourth-order valence-electron chi connectivity index (χ4n) is 2.31. The Morgan fingerprint density at radius 1 is 1.29 bits per heavy atom. The highest BCUT2D eigenvalue weighted by Crippen LogP contribution is 2.21. The van der Waals surface area contributed by atoms with Crippen LogP contribution < -0.4 is 5.32 Å². The molecule has 3 heterocycles. The van der Waals surface area contributed by atoms with Crippen molar-refractivity contribution in [3.8, 4) is 0 Å². The fourth-order valence-corrected chi connectivity index (χ4v) is 3.42. The van der Waals surface area contributed by atoms with Crippen LogP contribution in [0.5, 0.6) is 0 Å². The number of thiazole rings is 1. The summed E-state index contributed by atoms with van der Waals surface area (Å²) in [5.74, 6) is 0.965. The van der Waals surface area contributed by atoms with Crippen molar-refractivity contribution in [2.24, 2.45) is 0 Å². The van der Waals surface area contributed by atoms with Crippen LogP contribution in [0.3, 0.4) is 0 Å². The largest absolute Gasteiger partial charge is 0.365 e. The van der Waals surface area contributed by atoms with Crippen LogP contribution in [0.25, 0.3) is 5.65 Å². The van der Waals surface area contributed by atoms with Crippen LogP contribution in [0.4, 0.5) is 5.82 Å². The molecule has 0 aliphatic carbocycles. The molecule has 6 heteroatoms. The summed E-state index contributed by atoms with van der Waals surface area (Å²) in [6.07, 6.45) is 3.96. The maximum Gasteiger partial charge on any atom is 0.157 e. The van der Waals surface area contributed by atoms with Crippen molar-refractivity contribution in [3.05, 3.63) is 39.6 Å². The van der Waals surface area contributed by atoms with Crippen LogP contribution in [0, 0.1) is 13.8 Å². The standard InChI is InChI=1S/C15H19N5S/c1-4-5-15-19-11(3)12(21-15)9-16-14-8-10(2)18-13-6-7-17-20(13)14/h6-8,16H,4-5,9H2,1-3H3. The Bertz CT molecular complexity index is 759. The molecule has 0 spiro atoms. The highest BCUT2D eigenvalue weighted by atomic mass is 32.1. The Morgan fingerprint density at radius 2 is 2.14 bits per heavy atom. The molecule has 0 aliphatic rings. The van der Waals surface area contributed by atoms with Crippen molar-refractivity contribution in [2.75, 3.05) is 5.32 Å². The third kappa shape index (κ3) is 2.90. The molecule has 0 amide bonds. The molecule has 3 rings (SSSR count). The third-order valence-electron chi connectivity index (χ3n) is 3.32. The zero-order chi connectivity index (χ0) is 14.8. The number of nitrogens with zero attached hydrogens (tertiary/aromatic N) is 4. The molecule has 1 N–H and O–H groups in total. The zero-order valence-electron chi connectivity index (χ0n) is 12.6. The van der Waals surface area contributed by atoms with Gasteiger partial charge >= 0.3 is 0 Å². The summed E-state index contributed by atoms with van der Waals surface area (Å²) in [6.45, 7) is 7.03. The van der Waals surface area contributed by atoms with Gasteiger partial charge in [0.05, 0.1) is 23.4 Å². The number of aryl methyl sites for hydroxylation is 3. The minimum Gasteiger partial charge on any atom is -0.365 e. The molecule has 0 aromatic carbocycles. The van der Waals surface area contributed by atoms with Crippen molar-refractivity contribution < 1.29 is 0 Å². The summed E-state index contributed by atoms with van der Waals surface area (Å²) in [5.41, 5.74) is 2.97. The van der Waals surface area contributed by atoms with Gasteiger partial charge in [0.15, 0.2) is 5.65 Å². The van der Waals surface area contributed by atoms with Gasteiger partial charge in [-0.25, -0.2) is 9.97 Å². The molecule has 0 unspecified atom stereocenters. The van der Waals surface area contributed by atoms with Gasteiger partial charge in [0, 0.05) is 22.7 Å². The summed E-state index contributed by atoms with van der Waals surface area (Å²) in [6, 6.07) is 3.93. The third-order valence-corrected chi connectivity index (χ3v) is 4.54. The smallest absolute Gasteiger partial charge is 0.157 e. The molecule has 5 nitrogen and oxygen atoms in total. The lowest BCUT2D eigenvalue weighted by atomic mass is 10.3. The van der Waals surface area contributed by atoms with E-state index >= 15 is 0 Å². The van der Waals surface area contributed by atoms with E-state index in [4.69, 9.17) is 0 Å². The first-order valence-electron chi connectivity index (χ1n) is 7.18. The van der Waals surface area contributed by atoms with Gasteiger partial charge in [-0.15, -0.1) is 11.3 Å². The summed E-state index contributed by atoms with van der Waals surface area (Å²) < 4.78 is 1.83. The topological polar surface area (TPSA) is 55.1 Å². The lowest BCUT2D eigenvalue weighted by Gasteiger charge is -2.08. The van der Waals surface area contributed by atoms with Crippen LogP contribution in [0.1, 0.15) is 34.6 Å². The lowest BCUT2D eigenvalue weighted by molar-refractivity contribution is 0.900. The minimum absolute atomic E-state index is 0.769. The van der Waals surface area contributed by atoms with E-state index in [0.717, 1.165) is 42.2 Å². The van der Waals surface area contributed by atoms with Crippen molar-refractivity contribution >= 4 is 22.8 Å². The maximum atomic E-state index is 4.63. The van der Waals surface area contributed by atoms with Crippen molar-refractivity contribution in [1.82, 2.24) is 19.6 Å². The average Bonchev–Trinajstić information content (AvgIpc) is 3.03. The van der Waals surface area contributed by atoms with E-state index in [1.54, 1.807) is 17.5 Å². The molecule has 0 saturated heterocycles. The SMILES string of the molecule is CCCc1nc(C)c(CNc2cc(C)nc3ccnn23)s1. The van der Waals surface area contributed by atoms with E-state index in [1.165, 1.54) is 9.88 Å². The summed E-state index contributed by atoms with van der Waals surface area (Å²) in [5, 5.41) is 8.99. The van der Waals surface area contributed by atoms with Gasteiger partial charge < -0.3 is 5.32 Å². The number of aromatic nitrogens is 4. The van der Waals surface area contributed by atoms with Crippen molar-refractivity contribution in [2.45, 2.75) is 40.2 Å². The minimum atomic E-state index is 0.769. The normalized spacial score (nSPS) is 11.2. The van der Waals surface area contributed by atoms with Gasteiger partial charge in [-0.3, -0.25) is 0 Å². The highest BCUT2D eigenvalue weighted by Gasteiger charge is 2.09. The van der Waals surface area contributed by atoms with Gasteiger partial charge in [-0.2, -0.15) is 9.61 Å². The Morgan fingerprint density at radius 3 is 2.95 bits per heavy atom. The Kier molecular flexibility index (Phi) is 3.88. The number of hydrogen-bond acceptors (Lipinski definition) is 5. The number of fused-ring (bicyclic) bond motifs is 1. The molecular formula is C15H19N5S. The Balaban J connectivity index is 1.81. The summed E-state index contributed by atoms with van der Waals surface area (Å²) in [4.78, 5) is 10.4. The number of rotatable bonds is 5. The van der Waals surface area contributed by atoms with Crippen LogP contribution in [0.2, 0.25) is 0 Å². The average molecular weight is 301 g/mol. The van der Waals surface area contributed by atoms with Crippen LogP contribution in [-0.4, -0.2) is 19.6 Å². The molecule has 110 valence electrons. The molecule has 0 atom stereocenters. The van der Waals surface area contributed by atoms with Gasteiger partial charge in [-0.1, -0.05) is 6.92 Å². The first-order chi connectivity index (χ1) is 10.2. The second-order valence-corrected chi connectivity index (χ2v) is 6.27. The predicted octanol–water partition coefficient (Wildman–Crippen LogP) is 3.37. The number of nitrogens with one attached hydrogen (secondary N) is 1. The molecule has 3 aromatic heterocycles. The molecule has 0 fully saturated rings. The summed E-state index contributed by atoms with van der Waals surface area (Å²) in [7, 11) is 0. The summed E-state index contributed by atoms with van der Waals surface area (Å²) >= 11 is 1.80. The fraction of sp³-hybridized carbons (Fsp3) is 0.400. The van der Waals surface area contributed by atoms with Gasteiger partial charge in [-0.05, 0) is 26.7 Å². The molecule has 0 radical (unpaired) electrons. The van der Waals surface area contributed by atoms with E-state index in [-0.39, 0.29) is 0 Å². The van der Waals surface area contributed by atoms with Crippen LogP contribution in [0.15, 0.2) is 18.3 Å². The van der Waals surface area contributed by atoms with E-state index in [0.29, 0.717) is 0 Å². The molecule has 21 heavy (non-hydrogen) atoms. The van der Waals surface area contributed by atoms with Crippen LogP contribution >= 0.6 is 11.3 Å². The van der Waals surface area contributed by atoms with E-state index in [9.17, 15) is 0 Å². The van der Waals surface area contributed by atoms with E-state index < -0.39 is 0 Å². The number of anilines is 1. The molecule has 0 aliphatic heterocycles. The second-order valence-electron chi connectivity index (χ2n) is 5.10. The molecule has 0 saturated carbocycles. The first-order valence-corrected chi connectivity index (χ1v) is 7.99. The Labute approximate surface area is 128 Å². The van der Waals surface area contributed by atoms with Gasteiger partial charge in [0.25, 0.3) is 0 Å². The van der Waals surface area contributed by atoms with E-state index in [2.05, 4.69) is 34.2 Å². The monoisotopic (exact) mass is 301 g/mol. The second kappa shape index (κ2) is 5.81. The quantitative estimate of drug-likeness (QED) is 0.785. The number of hydrogen-bond donors (Lipinski definition) is 1. The van der Waals surface area contributed by atoms with Gasteiger partial charge in [0.2, 0.25) is 0 Å². The molecular weight excluding hydrogens is 282 g/mol. The van der Waals surface area contributed by atoms with Gasteiger partial charge in [0.1, 0.15) is 5.82 Å². The van der Waals surface area contributed by atoms with E-state index in [1.807, 2.05) is 23.6 Å². The molecule has 0 bridgehead atoms. The maximum absolute atomic E-state index is 4.63. The van der Waals surface area contributed by atoms with Crippen LogP contribution in [-0.2, 0) is 13.0 Å². The lowest BCUT2D eigenvalue weighted by Crippen LogP contribution is -2.06. The predicted molar refractivity (Wildman–Crippen MR) is 85.9 cm³/mol. The highest BCUT2D eigenvalue weighted by molar-refractivity contribution is 7.11.